The van der Waals surface area contributed by atoms with Crippen LogP contribution >= 0.6 is 0 Å². The number of hydrogen-bond donors (Lipinski definition) is 0. The standard InChI is InChI=1S/C48H32N4O/c1-48(2)39-20-9-6-17-33(39)37-27-38-34-18-7-10-21-41(34)52(42(38)28-40(37)48)32-16-12-15-30(25-32)46-49-45(29-13-4-3-5-14-29)50-47(51-46)31-23-24-36-35-19-8-11-22-43(35)53-44(36)26-31/h3-28H,1-2H3. The van der Waals surface area contributed by atoms with E-state index in [2.05, 4.69) is 122 Å². The zero-order chi connectivity index (χ0) is 35.3. The fraction of sp³-hybridized carbons (Fsp3) is 0.0625. The molecule has 0 saturated heterocycles. The van der Waals surface area contributed by atoms with Crippen molar-refractivity contribution in [3.8, 4) is 51.0 Å². The Morgan fingerprint density at radius 3 is 1.94 bits per heavy atom. The van der Waals surface area contributed by atoms with Gasteiger partial charge in [-0.3, -0.25) is 0 Å². The third kappa shape index (κ3) is 4.47. The highest BCUT2D eigenvalue weighted by atomic mass is 16.3. The molecule has 53 heavy (non-hydrogen) atoms. The van der Waals surface area contributed by atoms with Gasteiger partial charge in [-0.05, 0) is 70.8 Å². The van der Waals surface area contributed by atoms with Crippen molar-refractivity contribution >= 4 is 43.7 Å². The lowest BCUT2D eigenvalue weighted by Crippen LogP contribution is -2.14. The highest BCUT2D eigenvalue weighted by Crippen LogP contribution is 2.51. The maximum Gasteiger partial charge on any atom is 0.164 e. The van der Waals surface area contributed by atoms with Crippen LogP contribution < -0.4 is 0 Å². The van der Waals surface area contributed by atoms with Gasteiger partial charge in [0.1, 0.15) is 11.2 Å². The monoisotopic (exact) mass is 680 g/mol. The average Bonchev–Trinajstić information content (AvgIpc) is 3.82. The molecule has 0 amide bonds. The molecule has 7 aromatic carbocycles. The molecule has 11 rings (SSSR count). The van der Waals surface area contributed by atoms with Crippen LogP contribution in [-0.4, -0.2) is 19.5 Å². The maximum absolute atomic E-state index is 6.26. The van der Waals surface area contributed by atoms with Gasteiger partial charge in [-0.15, -0.1) is 0 Å². The lowest BCUT2D eigenvalue weighted by atomic mass is 9.82. The van der Waals surface area contributed by atoms with Gasteiger partial charge in [-0.2, -0.15) is 0 Å². The summed E-state index contributed by atoms with van der Waals surface area (Å²) >= 11 is 0. The van der Waals surface area contributed by atoms with Gasteiger partial charge in [0, 0.05) is 49.3 Å². The quantitative estimate of drug-likeness (QED) is 0.186. The predicted molar refractivity (Wildman–Crippen MR) is 215 cm³/mol. The summed E-state index contributed by atoms with van der Waals surface area (Å²) in [6.45, 7) is 4.68. The van der Waals surface area contributed by atoms with Gasteiger partial charge in [0.15, 0.2) is 17.5 Å². The number of furan rings is 1. The molecular weight excluding hydrogens is 649 g/mol. The Morgan fingerprint density at radius 2 is 1.09 bits per heavy atom. The van der Waals surface area contributed by atoms with Gasteiger partial charge in [-0.25, -0.2) is 15.0 Å². The highest BCUT2D eigenvalue weighted by molar-refractivity contribution is 6.12. The number of benzene rings is 7. The van der Waals surface area contributed by atoms with Crippen molar-refractivity contribution in [2.24, 2.45) is 0 Å². The van der Waals surface area contributed by atoms with Gasteiger partial charge >= 0.3 is 0 Å². The van der Waals surface area contributed by atoms with E-state index in [1.165, 1.54) is 38.5 Å². The van der Waals surface area contributed by atoms with Crippen LogP contribution in [0.1, 0.15) is 25.0 Å². The Kier molecular flexibility index (Phi) is 6.23. The highest BCUT2D eigenvalue weighted by Gasteiger charge is 2.36. The summed E-state index contributed by atoms with van der Waals surface area (Å²) in [5.74, 6) is 1.82. The third-order valence-corrected chi connectivity index (χ3v) is 11.0. The van der Waals surface area contributed by atoms with Crippen molar-refractivity contribution < 1.29 is 4.42 Å². The molecule has 3 aromatic heterocycles. The van der Waals surface area contributed by atoms with Crippen molar-refractivity contribution in [3.05, 3.63) is 169 Å². The second-order valence-electron chi connectivity index (χ2n) is 14.5. The van der Waals surface area contributed by atoms with Gasteiger partial charge in [0.2, 0.25) is 0 Å². The van der Waals surface area contributed by atoms with Gasteiger partial charge in [0.25, 0.3) is 0 Å². The molecule has 10 aromatic rings. The van der Waals surface area contributed by atoms with Crippen LogP contribution in [0.25, 0.3) is 94.7 Å². The number of hydrogen-bond acceptors (Lipinski definition) is 4. The molecule has 0 unspecified atom stereocenters. The Balaban J connectivity index is 1.10. The molecule has 0 N–H and O–H groups in total. The fourth-order valence-corrected chi connectivity index (χ4v) is 8.44. The molecule has 1 aliphatic carbocycles. The zero-order valence-corrected chi connectivity index (χ0v) is 29.2. The van der Waals surface area contributed by atoms with E-state index in [9.17, 15) is 0 Å². The van der Waals surface area contributed by atoms with Crippen molar-refractivity contribution in [2.45, 2.75) is 19.3 Å². The summed E-state index contributed by atoms with van der Waals surface area (Å²) in [5.41, 5.74) is 13.0. The number of para-hydroxylation sites is 2. The summed E-state index contributed by atoms with van der Waals surface area (Å²) in [4.78, 5) is 15.2. The van der Waals surface area contributed by atoms with Crippen LogP contribution in [0.3, 0.4) is 0 Å². The second-order valence-corrected chi connectivity index (χ2v) is 14.5. The number of rotatable bonds is 4. The zero-order valence-electron chi connectivity index (χ0n) is 29.2. The molecular formula is C48H32N4O. The van der Waals surface area contributed by atoms with Crippen LogP contribution in [0.15, 0.2) is 162 Å². The van der Waals surface area contributed by atoms with Crippen molar-refractivity contribution in [1.82, 2.24) is 19.5 Å². The Morgan fingerprint density at radius 1 is 0.434 bits per heavy atom. The van der Waals surface area contributed by atoms with Crippen LogP contribution in [0.4, 0.5) is 0 Å². The average molecular weight is 681 g/mol. The van der Waals surface area contributed by atoms with E-state index in [-0.39, 0.29) is 5.41 Å². The first-order valence-corrected chi connectivity index (χ1v) is 18.0. The van der Waals surface area contributed by atoms with E-state index >= 15 is 0 Å². The van der Waals surface area contributed by atoms with Crippen molar-refractivity contribution in [3.63, 3.8) is 0 Å². The minimum atomic E-state index is -0.107. The van der Waals surface area contributed by atoms with Crippen LogP contribution in [0.2, 0.25) is 0 Å². The molecule has 0 aliphatic heterocycles. The smallest absolute Gasteiger partial charge is 0.164 e. The molecule has 0 saturated carbocycles. The molecule has 0 fully saturated rings. The van der Waals surface area contributed by atoms with Gasteiger partial charge in [0.05, 0.1) is 11.0 Å². The molecule has 0 bridgehead atoms. The van der Waals surface area contributed by atoms with Crippen LogP contribution in [-0.2, 0) is 5.41 Å². The van der Waals surface area contributed by atoms with Crippen LogP contribution in [0, 0.1) is 0 Å². The number of aromatic nitrogens is 4. The number of nitrogens with zero attached hydrogens (tertiary/aromatic N) is 4. The van der Waals surface area contributed by atoms with E-state index in [1.54, 1.807) is 0 Å². The summed E-state index contributed by atoms with van der Waals surface area (Å²) in [5, 5.41) is 4.63. The van der Waals surface area contributed by atoms with E-state index in [0.717, 1.165) is 49.8 Å². The minimum Gasteiger partial charge on any atom is -0.456 e. The van der Waals surface area contributed by atoms with Crippen molar-refractivity contribution in [1.29, 1.82) is 0 Å². The summed E-state index contributed by atoms with van der Waals surface area (Å²) in [7, 11) is 0. The lowest BCUT2D eigenvalue weighted by Gasteiger charge is -2.21. The SMILES string of the molecule is CC1(C)c2ccccc2-c2cc3c4ccccc4n(-c4cccc(-c5nc(-c6ccccc6)nc(-c6ccc7c(c6)oc6ccccc67)n5)c4)c3cc21. The van der Waals surface area contributed by atoms with E-state index < -0.39 is 0 Å². The molecule has 0 atom stereocenters. The third-order valence-electron chi connectivity index (χ3n) is 11.0. The largest absolute Gasteiger partial charge is 0.456 e. The van der Waals surface area contributed by atoms with E-state index in [4.69, 9.17) is 19.4 Å². The minimum absolute atomic E-state index is 0.107. The molecule has 1 aliphatic rings. The van der Waals surface area contributed by atoms with Gasteiger partial charge < -0.3 is 8.98 Å². The van der Waals surface area contributed by atoms with E-state index in [0.29, 0.717) is 17.5 Å². The Hall–Kier alpha value is -6.85. The molecule has 5 heteroatoms. The Labute approximate surface area is 305 Å². The molecule has 3 heterocycles. The van der Waals surface area contributed by atoms with Gasteiger partial charge in [-0.1, -0.05) is 123 Å². The summed E-state index contributed by atoms with van der Waals surface area (Å²) in [6, 6.07) is 55.4. The predicted octanol–water partition coefficient (Wildman–Crippen LogP) is 12.2. The van der Waals surface area contributed by atoms with Crippen molar-refractivity contribution in [2.75, 3.05) is 0 Å². The van der Waals surface area contributed by atoms with E-state index in [1.807, 2.05) is 54.6 Å². The molecule has 250 valence electrons. The first-order valence-electron chi connectivity index (χ1n) is 18.0. The topological polar surface area (TPSA) is 56.7 Å². The second kappa shape index (κ2) is 11.1. The number of fused-ring (bicyclic) bond motifs is 9. The lowest BCUT2D eigenvalue weighted by molar-refractivity contribution is 0.661. The maximum atomic E-state index is 6.26. The first kappa shape index (κ1) is 29.8. The van der Waals surface area contributed by atoms with Crippen LogP contribution in [0.5, 0.6) is 0 Å². The normalized spacial score (nSPS) is 13.2. The summed E-state index contributed by atoms with van der Waals surface area (Å²) < 4.78 is 8.65. The Bertz CT molecular complexity index is 3100. The molecule has 5 nitrogen and oxygen atoms in total. The summed E-state index contributed by atoms with van der Waals surface area (Å²) in [6.07, 6.45) is 0. The fourth-order valence-electron chi connectivity index (χ4n) is 8.44. The molecule has 0 spiro atoms. The first-order chi connectivity index (χ1) is 26.0. The molecule has 0 radical (unpaired) electrons.